The van der Waals surface area contributed by atoms with Crippen molar-refractivity contribution in [2.45, 2.75) is 19.0 Å². The van der Waals surface area contributed by atoms with Gasteiger partial charge < -0.3 is 4.74 Å². The Hall–Kier alpha value is -0.390. The molecule has 1 unspecified atom stereocenters. The van der Waals surface area contributed by atoms with Crippen molar-refractivity contribution in [2.75, 3.05) is 6.86 Å². The Bertz CT molecular complexity index is 90.1. The highest BCUT2D eigenvalue weighted by Crippen LogP contribution is 2.23. The van der Waals surface area contributed by atoms with Crippen LogP contribution in [0.15, 0.2) is 0 Å². The Morgan fingerprint density at radius 2 is 1.80 bits per heavy atom. The molecular weight excluding hydrogens is 159 g/mol. The van der Waals surface area contributed by atoms with Crippen LogP contribution in [0.25, 0.3) is 0 Å². The van der Waals surface area contributed by atoms with Crippen LogP contribution in [-0.2, 0) is 4.74 Å². The van der Waals surface area contributed by atoms with Gasteiger partial charge in [0.1, 0.15) is 0 Å². The number of hydrogen-bond acceptors (Lipinski definition) is 1. The van der Waals surface area contributed by atoms with Crippen molar-refractivity contribution in [1.29, 1.82) is 0 Å². The Morgan fingerprint density at radius 3 is 2.10 bits per heavy atom. The maximum Gasteiger partial charge on any atom is 0.394 e. The second kappa shape index (κ2) is 3.70. The van der Waals surface area contributed by atoms with E-state index in [9.17, 15) is 22.0 Å². The van der Waals surface area contributed by atoms with Crippen molar-refractivity contribution in [1.82, 2.24) is 0 Å². The lowest BCUT2D eigenvalue weighted by molar-refractivity contribution is -0.190. The summed E-state index contributed by atoms with van der Waals surface area (Å²) in [7, 11) is 0. The third kappa shape index (κ3) is 5.74. The van der Waals surface area contributed by atoms with Crippen LogP contribution in [-0.4, -0.2) is 19.4 Å². The van der Waals surface area contributed by atoms with E-state index in [-0.39, 0.29) is 0 Å². The monoisotopic (exact) mass is 164 g/mol. The zero-order valence-electron chi connectivity index (χ0n) is 4.79. The molecule has 0 bridgehead atoms. The molecule has 10 heavy (non-hydrogen) atoms. The number of hydrogen-bond donors (Lipinski definition) is 0. The van der Waals surface area contributed by atoms with Crippen LogP contribution >= 0.6 is 0 Å². The molecule has 62 valence electrons. The molecule has 0 spiro atoms. The Morgan fingerprint density at radius 1 is 1.30 bits per heavy atom. The highest BCUT2D eigenvalue weighted by Gasteiger charge is 2.32. The summed E-state index contributed by atoms with van der Waals surface area (Å²) in [5, 5.41) is 0. The average molecular weight is 164 g/mol. The first-order chi connectivity index (χ1) is 4.45. The predicted octanol–water partition coefficient (Wildman–Crippen LogP) is 2.18. The largest absolute Gasteiger partial charge is 0.394 e. The quantitative estimate of drug-likeness (QED) is 0.581. The molecule has 0 radical (unpaired) electrons. The summed E-state index contributed by atoms with van der Waals surface area (Å²) in [6.07, 6.45) is -9.00. The molecule has 0 aromatic carbocycles. The van der Waals surface area contributed by atoms with Gasteiger partial charge in [-0.3, -0.25) is 0 Å². The van der Waals surface area contributed by atoms with Crippen molar-refractivity contribution in [3.05, 3.63) is 0 Å². The zero-order chi connectivity index (χ0) is 8.20. The summed E-state index contributed by atoms with van der Waals surface area (Å²) < 4.78 is 59.6. The van der Waals surface area contributed by atoms with Crippen molar-refractivity contribution in [2.24, 2.45) is 0 Å². The first-order valence-corrected chi connectivity index (χ1v) is 2.34. The number of ether oxygens (including phenoxy) is 1. The fourth-order valence-electron chi connectivity index (χ4n) is 0.309. The summed E-state index contributed by atoms with van der Waals surface area (Å²) in [6.45, 7) is -1.54. The summed E-state index contributed by atoms with van der Waals surface area (Å²) >= 11 is 0. The van der Waals surface area contributed by atoms with Gasteiger partial charge in [0.25, 0.3) is 0 Å². The van der Waals surface area contributed by atoms with E-state index in [2.05, 4.69) is 4.74 Å². The summed E-state index contributed by atoms with van der Waals surface area (Å²) in [5.74, 6) is 0. The van der Waals surface area contributed by atoms with Gasteiger partial charge in [-0.15, -0.1) is 0 Å². The third-order valence-electron chi connectivity index (χ3n) is 0.636. The maximum absolute atomic E-state index is 11.7. The average Bonchev–Trinajstić information content (AvgIpc) is 1.59. The Labute approximate surface area is 53.8 Å². The van der Waals surface area contributed by atoms with Crippen molar-refractivity contribution in [3.63, 3.8) is 0 Å². The highest BCUT2D eigenvalue weighted by atomic mass is 19.4. The lowest BCUT2D eigenvalue weighted by Gasteiger charge is -2.08. The molecule has 0 saturated heterocycles. The lowest BCUT2D eigenvalue weighted by Crippen LogP contribution is -2.18. The molecule has 0 N–H and O–H groups in total. The van der Waals surface area contributed by atoms with Gasteiger partial charge in [-0.05, 0) is 0 Å². The molecule has 0 rings (SSSR count). The van der Waals surface area contributed by atoms with E-state index in [1.54, 1.807) is 0 Å². The molecule has 6 heteroatoms. The van der Waals surface area contributed by atoms with Crippen LogP contribution in [0.2, 0.25) is 0 Å². The minimum Gasteiger partial charge on any atom is -0.316 e. The molecule has 0 aromatic rings. The molecular formula is C4H5F5O. The van der Waals surface area contributed by atoms with Gasteiger partial charge in [0.15, 0.2) is 6.86 Å². The Balaban J connectivity index is 3.47. The minimum atomic E-state index is -4.64. The van der Waals surface area contributed by atoms with Crippen LogP contribution in [0.5, 0.6) is 0 Å². The van der Waals surface area contributed by atoms with Gasteiger partial charge in [-0.1, -0.05) is 0 Å². The standard InChI is InChI=1S/C4H5F5O/c5-2-10-3(6)1-4(7,8)9/h3H,1-2H2. The fourth-order valence-corrected chi connectivity index (χ4v) is 0.309. The van der Waals surface area contributed by atoms with Crippen LogP contribution in [0.3, 0.4) is 0 Å². The predicted molar refractivity (Wildman–Crippen MR) is 22.6 cm³/mol. The van der Waals surface area contributed by atoms with E-state index < -0.39 is 25.8 Å². The maximum atomic E-state index is 11.7. The summed E-state index contributed by atoms with van der Waals surface area (Å²) in [6, 6.07) is 0. The van der Waals surface area contributed by atoms with E-state index in [0.29, 0.717) is 0 Å². The van der Waals surface area contributed by atoms with Crippen LogP contribution < -0.4 is 0 Å². The van der Waals surface area contributed by atoms with Gasteiger partial charge in [0.05, 0.1) is 6.42 Å². The van der Waals surface area contributed by atoms with E-state index in [1.165, 1.54) is 0 Å². The Kier molecular flexibility index (Phi) is 3.55. The molecule has 0 aliphatic carbocycles. The lowest BCUT2D eigenvalue weighted by atomic mass is 10.4. The smallest absolute Gasteiger partial charge is 0.316 e. The minimum absolute atomic E-state index is 1.54. The second-order valence-corrected chi connectivity index (χ2v) is 1.51. The SMILES string of the molecule is FCOC(F)CC(F)(F)F. The second-order valence-electron chi connectivity index (χ2n) is 1.51. The van der Waals surface area contributed by atoms with Crippen molar-refractivity contribution in [3.8, 4) is 0 Å². The van der Waals surface area contributed by atoms with Gasteiger partial charge in [-0.25, -0.2) is 8.78 Å². The molecule has 1 atom stereocenters. The molecule has 0 aliphatic rings. The fraction of sp³-hybridized carbons (Fsp3) is 1.00. The number of rotatable bonds is 3. The molecule has 0 fully saturated rings. The summed E-state index contributed by atoms with van der Waals surface area (Å²) in [4.78, 5) is 0. The third-order valence-corrected chi connectivity index (χ3v) is 0.636. The number of alkyl halides is 5. The van der Waals surface area contributed by atoms with Gasteiger partial charge in [-0.2, -0.15) is 13.2 Å². The van der Waals surface area contributed by atoms with E-state index in [0.717, 1.165) is 0 Å². The van der Waals surface area contributed by atoms with Crippen LogP contribution in [0.1, 0.15) is 6.42 Å². The first-order valence-electron chi connectivity index (χ1n) is 2.34. The van der Waals surface area contributed by atoms with Gasteiger partial charge in [0, 0.05) is 0 Å². The van der Waals surface area contributed by atoms with Crippen molar-refractivity contribution >= 4 is 0 Å². The van der Waals surface area contributed by atoms with Gasteiger partial charge in [0.2, 0.25) is 6.36 Å². The molecule has 0 aromatic heterocycles. The summed E-state index contributed by atoms with van der Waals surface area (Å²) in [5.41, 5.74) is 0. The molecule has 0 heterocycles. The van der Waals surface area contributed by atoms with E-state index >= 15 is 0 Å². The highest BCUT2D eigenvalue weighted by molar-refractivity contribution is 4.51. The topological polar surface area (TPSA) is 9.23 Å². The van der Waals surface area contributed by atoms with Gasteiger partial charge >= 0.3 is 6.18 Å². The first kappa shape index (κ1) is 9.61. The van der Waals surface area contributed by atoms with Crippen LogP contribution in [0, 0.1) is 0 Å². The molecule has 0 saturated carbocycles. The molecule has 0 amide bonds. The molecule has 1 nitrogen and oxygen atoms in total. The van der Waals surface area contributed by atoms with Crippen LogP contribution in [0.4, 0.5) is 22.0 Å². The van der Waals surface area contributed by atoms with E-state index in [4.69, 9.17) is 0 Å². The van der Waals surface area contributed by atoms with E-state index in [1.807, 2.05) is 0 Å². The normalized spacial score (nSPS) is 15.3. The molecule has 0 aliphatic heterocycles. The zero-order valence-corrected chi connectivity index (χ0v) is 4.79. The van der Waals surface area contributed by atoms with Crippen molar-refractivity contribution < 1.29 is 26.7 Å². The number of halogens is 5.